The average molecular weight is 1110 g/mol. The third-order valence-electron chi connectivity index (χ3n) is 20.2. The Hall–Kier alpha value is -5.40. The lowest BCUT2D eigenvalue weighted by Crippen LogP contribution is -2.56. The Bertz CT molecular complexity index is 2760. The Balaban J connectivity index is 0.726. The largest absolute Gasteiger partial charge is 0.507 e. The second-order valence-corrected chi connectivity index (χ2v) is 25.4. The number of benzene rings is 2. The number of carbonyl (C=O) groups is 6. The fourth-order valence-corrected chi connectivity index (χ4v) is 15.9. The molecule has 4 fully saturated rings. The highest BCUT2D eigenvalue weighted by atomic mass is 16.7. The van der Waals surface area contributed by atoms with Crippen LogP contribution in [0.2, 0.25) is 0 Å². The van der Waals surface area contributed by atoms with Gasteiger partial charge >= 0.3 is 6.09 Å². The number of amides is 3. The van der Waals surface area contributed by atoms with E-state index in [1.807, 2.05) is 0 Å². The normalized spacial score (nSPS) is 32.7. The maximum absolute atomic E-state index is 14.1. The van der Waals surface area contributed by atoms with Crippen LogP contribution in [0.25, 0.3) is 0 Å². The van der Waals surface area contributed by atoms with Crippen molar-refractivity contribution in [3.8, 4) is 17.2 Å². The highest BCUT2D eigenvalue weighted by molar-refractivity contribution is 6.31. The minimum Gasteiger partial charge on any atom is -0.507 e. The number of nitrogens with one attached hydrogen (secondary N) is 3. The van der Waals surface area contributed by atoms with Gasteiger partial charge in [0.15, 0.2) is 17.9 Å². The van der Waals surface area contributed by atoms with Crippen LogP contribution in [0.3, 0.4) is 0 Å². The van der Waals surface area contributed by atoms with E-state index in [0.29, 0.717) is 17.8 Å². The number of Topliss-reactive ketones (excluding diaryl/α,β-unsaturated/α-hetero) is 1. The van der Waals surface area contributed by atoms with Gasteiger partial charge in [0.25, 0.3) is 0 Å². The number of phenolic OH excluding ortho intramolecular Hbond substituents is 2. The van der Waals surface area contributed by atoms with Gasteiger partial charge in [0.1, 0.15) is 41.7 Å². The first-order chi connectivity index (χ1) is 38.0. The van der Waals surface area contributed by atoms with Gasteiger partial charge in [-0.2, -0.15) is 0 Å². The summed E-state index contributed by atoms with van der Waals surface area (Å²) in [4.78, 5) is 80.1. The lowest BCUT2D eigenvalue weighted by atomic mass is 9.47. The predicted octanol–water partition coefficient (Wildman–Crippen LogP) is 7.58. The van der Waals surface area contributed by atoms with Crippen molar-refractivity contribution in [2.24, 2.45) is 46.3 Å². The number of hydrogen-bond donors (Lipinski definition) is 8. The maximum atomic E-state index is 14.1. The van der Waals surface area contributed by atoms with Crippen LogP contribution in [0.15, 0.2) is 29.8 Å². The molecule has 0 aromatic heterocycles. The SMILES string of the molecule is COc1cccc2c1C(=O)c1c(O)c3c(c(O)c1C2=O)C[C@@](O)(C(=O)CO)C[C@@H]3O[C@H]1C[C@H](NC(=O)CCC(=O)NCCCNC(=O)O[C@H]2CC[C@@]3(C)C(=CC[C@H]4[C@@H]5CC[C@H]([C@H](C)CCCC(C)C)[C@@]5(C)CC[C@@H]43)C2)[C@H](O)[C@H](C)O1. The molecule has 3 saturated carbocycles. The zero-order chi connectivity index (χ0) is 57.6. The van der Waals surface area contributed by atoms with E-state index in [0.717, 1.165) is 55.3 Å². The summed E-state index contributed by atoms with van der Waals surface area (Å²) in [6.07, 6.45) is 8.54. The molecule has 2 aromatic carbocycles. The van der Waals surface area contributed by atoms with Gasteiger partial charge in [0.05, 0.1) is 42.0 Å². The number of fused-ring (bicyclic) bond motifs is 8. The minimum absolute atomic E-state index is 0.0513. The first kappa shape index (κ1) is 59.2. The quantitative estimate of drug-likeness (QED) is 0.0326. The number of hydrogen-bond acceptors (Lipinski definition) is 15. The molecule has 1 aliphatic heterocycles. The molecule has 0 bridgehead atoms. The smallest absolute Gasteiger partial charge is 0.407 e. The van der Waals surface area contributed by atoms with Crippen molar-refractivity contribution in [2.75, 3.05) is 26.8 Å². The number of methoxy groups -OCH3 is 1. The Morgan fingerprint density at radius 2 is 1.61 bits per heavy atom. The second kappa shape index (κ2) is 23.8. The van der Waals surface area contributed by atoms with Crippen LogP contribution in [0.4, 0.5) is 4.79 Å². The van der Waals surface area contributed by atoms with Crippen molar-refractivity contribution >= 4 is 35.3 Å². The fourth-order valence-electron chi connectivity index (χ4n) is 15.9. The number of rotatable bonds is 19. The zero-order valence-electron chi connectivity index (χ0n) is 47.7. The van der Waals surface area contributed by atoms with Crippen LogP contribution in [-0.2, 0) is 35.0 Å². The van der Waals surface area contributed by atoms with Crippen LogP contribution in [0.5, 0.6) is 17.2 Å². The van der Waals surface area contributed by atoms with E-state index in [1.54, 1.807) is 0 Å². The second-order valence-electron chi connectivity index (χ2n) is 25.4. The predicted molar refractivity (Wildman–Crippen MR) is 294 cm³/mol. The maximum Gasteiger partial charge on any atom is 0.407 e. The summed E-state index contributed by atoms with van der Waals surface area (Å²) < 4.78 is 23.6. The lowest BCUT2D eigenvalue weighted by Gasteiger charge is -2.58. The van der Waals surface area contributed by atoms with Gasteiger partial charge in [-0.15, -0.1) is 0 Å². The molecule has 18 nitrogen and oxygen atoms in total. The first-order valence-corrected chi connectivity index (χ1v) is 29.5. The number of alkyl carbamates (subject to hydrolysis) is 1. The molecule has 7 aliphatic rings. The molecular weight excluding hydrogens is 1030 g/mol. The third kappa shape index (κ3) is 11.3. The summed E-state index contributed by atoms with van der Waals surface area (Å²) in [6, 6.07) is 3.32. The third-order valence-corrected chi connectivity index (χ3v) is 20.2. The molecule has 6 aliphatic carbocycles. The molecule has 3 amide bonds. The molecule has 9 rings (SSSR count). The van der Waals surface area contributed by atoms with Crippen LogP contribution in [0.1, 0.15) is 193 Å². The van der Waals surface area contributed by atoms with Crippen LogP contribution >= 0.6 is 0 Å². The topological polar surface area (TPSA) is 277 Å². The van der Waals surface area contributed by atoms with Gasteiger partial charge in [-0.1, -0.05) is 77.7 Å². The summed E-state index contributed by atoms with van der Waals surface area (Å²) in [7, 11) is 1.31. The molecule has 0 radical (unpaired) electrons. The molecule has 14 atom stereocenters. The van der Waals surface area contributed by atoms with Gasteiger partial charge < -0.3 is 60.4 Å². The molecule has 8 N–H and O–H groups in total. The highest BCUT2D eigenvalue weighted by Gasteiger charge is 2.59. The number of ether oxygens (including phenoxy) is 4. The standard InChI is InChI=1S/C62H85N3O15/c1-32(2)11-8-12-33(3)40-17-18-41-37-16-15-35-27-36(21-23-60(35,5)42(37)22-24-61(40,41)6)79-59(75)64-26-10-25-63-47(68)19-20-48(69)65-43-28-49(78-34(4)54(43)70)80-45-30-62(76,46(67)31-66)29-39-51(45)58(74)53-52(56(39)72)55(71)38-13-9-14-44(77-7)50(38)57(53)73/h9,13-15,32-34,36-37,40-43,45,49,54,66,70,72,74,76H,8,10-12,16-31H2,1-7H3,(H,63,68)(H,64,75)(H,65,69)/t33-,34+,36+,37+,40-,41+,42+,43+,45+,49+,54-,60+,61-,62+/m1/s1. The van der Waals surface area contributed by atoms with Crippen LogP contribution in [-0.4, -0.2) is 124 Å². The molecule has 438 valence electrons. The van der Waals surface area contributed by atoms with E-state index in [-0.39, 0.29) is 71.9 Å². The van der Waals surface area contributed by atoms with E-state index in [4.69, 9.17) is 18.9 Å². The minimum atomic E-state index is -2.37. The number of ketones is 3. The van der Waals surface area contributed by atoms with Crippen molar-refractivity contribution in [1.29, 1.82) is 0 Å². The van der Waals surface area contributed by atoms with Gasteiger partial charge in [0, 0.05) is 68.3 Å². The molecule has 18 heteroatoms. The van der Waals surface area contributed by atoms with Crippen molar-refractivity contribution in [2.45, 2.75) is 193 Å². The number of aromatic hydroxyl groups is 2. The van der Waals surface area contributed by atoms with Gasteiger partial charge in [0.2, 0.25) is 17.6 Å². The Morgan fingerprint density at radius 1 is 0.875 bits per heavy atom. The van der Waals surface area contributed by atoms with Crippen LogP contribution < -0.4 is 20.7 Å². The molecule has 2 aromatic rings. The molecule has 80 heavy (non-hydrogen) atoms. The molecule has 0 unspecified atom stereocenters. The number of allylic oxidation sites excluding steroid dienone is 1. The lowest BCUT2D eigenvalue weighted by molar-refractivity contribution is -0.249. The van der Waals surface area contributed by atoms with Crippen molar-refractivity contribution in [1.82, 2.24) is 16.0 Å². The molecular formula is C62H85N3O15. The zero-order valence-corrected chi connectivity index (χ0v) is 47.7. The highest BCUT2D eigenvalue weighted by Crippen LogP contribution is 2.67. The summed E-state index contributed by atoms with van der Waals surface area (Å²) in [5.74, 6) is -0.535. The Kier molecular flexibility index (Phi) is 17.6. The van der Waals surface area contributed by atoms with Crippen molar-refractivity contribution < 1.29 is 73.2 Å². The summed E-state index contributed by atoms with van der Waals surface area (Å²) in [5.41, 5.74) is -2.11. The van der Waals surface area contributed by atoms with Crippen molar-refractivity contribution in [3.63, 3.8) is 0 Å². The number of carbonyl (C=O) groups excluding carboxylic acids is 6. The van der Waals surface area contributed by atoms with Gasteiger partial charge in [-0.05, 0) is 111 Å². The van der Waals surface area contributed by atoms with E-state index in [9.17, 15) is 54.3 Å². The molecule has 0 spiro atoms. The van der Waals surface area contributed by atoms with E-state index >= 15 is 0 Å². The monoisotopic (exact) mass is 1110 g/mol. The summed E-state index contributed by atoms with van der Waals surface area (Å²) in [6.45, 7) is 13.3. The number of aliphatic hydroxyl groups excluding tert-OH is 2. The number of phenols is 2. The van der Waals surface area contributed by atoms with E-state index in [1.165, 1.54) is 82.8 Å². The van der Waals surface area contributed by atoms with Crippen LogP contribution in [0, 0.1) is 46.3 Å². The summed E-state index contributed by atoms with van der Waals surface area (Å²) in [5, 5.41) is 64.5. The van der Waals surface area contributed by atoms with E-state index < -0.39 is 114 Å². The fraction of sp³-hybridized carbons (Fsp3) is 0.677. The summed E-state index contributed by atoms with van der Waals surface area (Å²) >= 11 is 0. The molecule has 1 saturated heterocycles. The number of aliphatic hydroxyl groups is 3. The Morgan fingerprint density at radius 3 is 2.35 bits per heavy atom. The first-order valence-electron chi connectivity index (χ1n) is 29.5. The Labute approximate surface area is 469 Å². The average Bonchev–Trinajstić information content (AvgIpc) is 3.79. The molecule has 1 heterocycles. The van der Waals surface area contributed by atoms with Gasteiger partial charge in [-0.25, -0.2) is 4.79 Å². The van der Waals surface area contributed by atoms with Crippen molar-refractivity contribution in [3.05, 3.63) is 63.2 Å². The van der Waals surface area contributed by atoms with Gasteiger partial charge in [-0.3, -0.25) is 24.0 Å². The van der Waals surface area contributed by atoms with E-state index in [2.05, 4.69) is 56.6 Å².